The van der Waals surface area contributed by atoms with E-state index in [-0.39, 0.29) is 0 Å². The number of carbonyl (C=O) groups is 2. The van der Waals surface area contributed by atoms with Gasteiger partial charge in [-0.1, -0.05) is 0 Å². The molecule has 0 aromatic carbocycles. The summed E-state index contributed by atoms with van der Waals surface area (Å²) in [5.74, 6) is -0.697. The molecule has 0 saturated carbocycles. The van der Waals surface area contributed by atoms with Gasteiger partial charge >= 0.3 is 11.9 Å². The number of esters is 2. The van der Waals surface area contributed by atoms with Gasteiger partial charge in [-0.05, 0) is 19.1 Å². The summed E-state index contributed by atoms with van der Waals surface area (Å²) in [6.45, 7) is 1.67. The molecule has 0 unspecified atom stereocenters. The molecular weight excluding hydrogens is 212 g/mol. The smallest absolute Gasteiger partial charge is 0.331 e. The second-order valence-electron chi connectivity index (χ2n) is 2.95. The SMILES string of the molecule is COC(=O)/C=C/C(=O)O[C@H](C)c1ccco1. The molecule has 0 spiro atoms. The van der Waals surface area contributed by atoms with Crippen molar-refractivity contribution in [2.75, 3.05) is 7.11 Å². The van der Waals surface area contributed by atoms with Gasteiger partial charge in [-0.2, -0.15) is 0 Å². The highest BCUT2D eigenvalue weighted by molar-refractivity contribution is 5.91. The highest BCUT2D eigenvalue weighted by Crippen LogP contribution is 2.16. The second-order valence-corrected chi connectivity index (χ2v) is 2.95. The van der Waals surface area contributed by atoms with Crippen LogP contribution in [0.2, 0.25) is 0 Å². The van der Waals surface area contributed by atoms with Crippen molar-refractivity contribution >= 4 is 11.9 Å². The van der Waals surface area contributed by atoms with E-state index in [4.69, 9.17) is 9.15 Å². The van der Waals surface area contributed by atoms with E-state index in [0.29, 0.717) is 5.76 Å². The topological polar surface area (TPSA) is 65.7 Å². The highest BCUT2D eigenvalue weighted by atomic mass is 16.6. The number of carbonyl (C=O) groups excluding carboxylic acids is 2. The van der Waals surface area contributed by atoms with Crippen LogP contribution in [0.3, 0.4) is 0 Å². The summed E-state index contributed by atoms with van der Waals surface area (Å²) < 4.78 is 14.3. The van der Waals surface area contributed by atoms with Crippen molar-refractivity contribution in [3.8, 4) is 0 Å². The van der Waals surface area contributed by atoms with Crippen LogP contribution in [0.1, 0.15) is 18.8 Å². The van der Waals surface area contributed by atoms with Gasteiger partial charge in [0.05, 0.1) is 13.4 Å². The summed E-state index contributed by atoms with van der Waals surface area (Å²) >= 11 is 0. The molecule has 5 nitrogen and oxygen atoms in total. The maximum absolute atomic E-state index is 11.2. The molecule has 0 aliphatic heterocycles. The Labute approximate surface area is 92.6 Å². The van der Waals surface area contributed by atoms with Crippen molar-refractivity contribution in [3.05, 3.63) is 36.3 Å². The maximum Gasteiger partial charge on any atom is 0.331 e. The van der Waals surface area contributed by atoms with E-state index >= 15 is 0 Å². The van der Waals surface area contributed by atoms with E-state index in [0.717, 1.165) is 12.2 Å². The fourth-order valence-electron chi connectivity index (χ4n) is 0.998. The van der Waals surface area contributed by atoms with Gasteiger partial charge in [0, 0.05) is 12.2 Å². The van der Waals surface area contributed by atoms with Crippen molar-refractivity contribution in [3.63, 3.8) is 0 Å². The van der Waals surface area contributed by atoms with Crippen molar-refractivity contribution < 1.29 is 23.5 Å². The van der Waals surface area contributed by atoms with Crippen LogP contribution in [0.15, 0.2) is 35.0 Å². The van der Waals surface area contributed by atoms with Gasteiger partial charge in [-0.15, -0.1) is 0 Å². The van der Waals surface area contributed by atoms with Crippen LogP contribution in [0.25, 0.3) is 0 Å². The van der Waals surface area contributed by atoms with Gasteiger partial charge in [0.25, 0.3) is 0 Å². The molecule has 5 heteroatoms. The zero-order valence-electron chi connectivity index (χ0n) is 9.01. The Morgan fingerprint density at radius 3 is 2.62 bits per heavy atom. The molecule has 0 amide bonds. The van der Waals surface area contributed by atoms with Crippen LogP contribution in [0.4, 0.5) is 0 Å². The maximum atomic E-state index is 11.2. The summed E-state index contributed by atoms with van der Waals surface area (Å²) in [6.07, 6.45) is 3.00. The average Bonchev–Trinajstić information content (AvgIpc) is 2.79. The summed E-state index contributed by atoms with van der Waals surface area (Å²) in [4.78, 5) is 21.9. The van der Waals surface area contributed by atoms with E-state index in [1.165, 1.54) is 13.4 Å². The molecule has 0 aliphatic carbocycles. The monoisotopic (exact) mass is 224 g/mol. The molecule has 16 heavy (non-hydrogen) atoms. The molecule has 1 aromatic rings. The largest absolute Gasteiger partial charge is 0.466 e. The molecule has 0 fully saturated rings. The average molecular weight is 224 g/mol. The van der Waals surface area contributed by atoms with E-state index in [9.17, 15) is 9.59 Å². The molecule has 1 rings (SSSR count). The normalized spacial score (nSPS) is 12.4. The molecule has 0 aliphatic rings. The summed E-state index contributed by atoms with van der Waals surface area (Å²) in [7, 11) is 1.23. The molecule has 0 saturated heterocycles. The first-order valence-corrected chi connectivity index (χ1v) is 4.63. The first-order chi connectivity index (χ1) is 7.63. The summed E-state index contributed by atoms with van der Waals surface area (Å²) in [6, 6.07) is 3.39. The minimum atomic E-state index is -0.630. The Morgan fingerprint density at radius 1 is 1.38 bits per heavy atom. The zero-order chi connectivity index (χ0) is 12.0. The van der Waals surface area contributed by atoms with Crippen LogP contribution in [-0.2, 0) is 19.1 Å². The van der Waals surface area contributed by atoms with Crippen LogP contribution < -0.4 is 0 Å². The number of furan rings is 1. The summed E-state index contributed by atoms with van der Waals surface area (Å²) in [5.41, 5.74) is 0. The van der Waals surface area contributed by atoms with Crippen molar-refractivity contribution in [2.24, 2.45) is 0 Å². The number of ether oxygens (including phenoxy) is 2. The van der Waals surface area contributed by atoms with E-state index in [1.807, 2.05) is 0 Å². The third-order valence-corrected chi connectivity index (χ3v) is 1.79. The molecule has 1 heterocycles. The lowest BCUT2D eigenvalue weighted by molar-refractivity contribution is -0.144. The Bertz CT molecular complexity index is 377. The molecule has 0 radical (unpaired) electrons. The number of methoxy groups -OCH3 is 1. The molecule has 1 atom stereocenters. The Kier molecular flexibility index (Phi) is 4.32. The van der Waals surface area contributed by atoms with E-state index in [1.54, 1.807) is 19.1 Å². The van der Waals surface area contributed by atoms with Gasteiger partial charge < -0.3 is 13.9 Å². The van der Waals surface area contributed by atoms with Gasteiger partial charge in [0.15, 0.2) is 6.10 Å². The van der Waals surface area contributed by atoms with Crippen molar-refractivity contribution in [1.82, 2.24) is 0 Å². The third kappa shape index (κ3) is 3.61. The quantitative estimate of drug-likeness (QED) is 0.574. The molecule has 0 bridgehead atoms. The lowest BCUT2D eigenvalue weighted by atomic mass is 10.3. The van der Waals surface area contributed by atoms with Gasteiger partial charge in [-0.3, -0.25) is 0 Å². The van der Waals surface area contributed by atoms with Gasteiger partial charge in [0.2, 0.25) is 0 Å². The van der Waals surface area contributed by atoms with Crippen LogP contribution >= 0.6 is 0 Å². The van der Waals surface area contributed by atoms with Crippen molar-refractivity contribution in [2.45, 2.75) is 13.0 Å². The van der Waals surface area contributed by atoms with E-state index < -0.39 is 18.0 Å². The Balaban J connectivity index is 2.46. The van der Waals surface area contributed by atoms with Crippen molar-refractivity contribution in [1.29, 1.82) is 0 Å². The molecular formula is C11H12O5. The number of hydrogen-bond donors (Lipinski definition) is 0. The zero-order valence-corrected chi connectivity index (χ0v) is 9.01. The van der Waals surface area contributed by atoms with Crippen LogP contribution in [0.5, 0.6) is 0 Å². The molecule has 86 valence electrons. The first kappa shape index (κ1) is 12.0. The fraction of sp³-hybridized carbons (Fsp3) is 0.273. The number of hydrogen-bond acceptors (Lipinski definition) is 5. The first-order valence-electron chi connectivity index (χ1n) is 4.63. The minimum absolute atomic E-state index is 0.496. The van der Waals surface area contributed by atoms with Gasteiger partial charge in [0.1, 0.15) is 5.76 Å². The predicted octanol–water partition coefficient (Wildman–Crippen LogP) is 1.61. The Morgan fingerprint density at radius 2 is 2.06 bits per heavy atom. The minimum Gasteiger partial charge on any atom is -0.466 e. The van der Waals surface area contributed by atoms with Gasteiger partial charge in [-0.25, -0.2) is 9.59 Å². The molecule has 0 N–H and O–H groups in total. The fourth-order valence-corrected chi connectivity index (χ4v) is 0.998. The predicted molar refractivity (Wildman–Crippen MR) is 54.4 cm³/mol. The highest BCUT2D eigenvalue weighted by Gasteiger charge is 2.12. The lowest BCUT2D eigenvalue weighted by Crippen LogP contribution is -2.06. The van der Waals surface area contributed by atoms with Crippen LogP contribution in [0, 0.1) is 0 Å². The second kappa shape index (κ2) is 5.75. The van der Waals surface area contributed by atoms with E-state index in [2.05, 4.69) is 4.74 Å². The standard InChI is InChI=1S/C11H12O5/c1-8(9-4-3-7-15-9)16-11(13)6-5-10(12)14-2/h3-8H,1-2H3/b6-5+/t8-/m1/s1. The van der Waals surface area contributed by atoms with Crippen LogP contribution in [-0.4, -0.2) is 19.0 Å². The Hall–Kier alpha value is -2.04. The molecule has 1 aromatic heterocycles. The number of rotatable bonds is 4. The third-order valence-electron chi connectivity index (χ3n) is 1.79. The summed E-state index contributed by atoms with van der Waals surface area (Å²) in [5, 5.41) is 0. The lowest BCUT2D eigenvalue weighted by Gasteiger charge is -2.08.